The van der Waals surface area contributed by atoms with Crippen molar-refractivity contribution in [1.82, 2.24) is 8.61 Å². The van der Waals surface area contributed by atoms with Gasteiger partial charge < -0.3 is 0 Å². The first-order valence-electron chi connectivity index (χ1n) is 15.7. The van der Waals surface area contributed by atoms with Crippen molar-refractivity contribution in [2.24, 2.45) is 0 Å². The predicted molar refractivity (Wildman–Crippen MR) is 186 cm³/mol. The zero-order chi connectivity index (χ0) is 34.0. The number of rotatable bonds is 12. The minimum atomic E-state index is -4.29. The summed E-state index contributed by atoms with van der Waals surface area (Å²) in [7, 11) is -12.4. The summed E-state index contributed by atoms with van der Waals surface area (Å²) in [4.78, 5) is 0.0326. The third-order valence-electron chi connectivity index (χ3n) is 8.70. The Morgan fingerprint density at radius 1 is 0.553 bits per heavy atom. The van der Waals surface area contributed by atoms with Crippen molar-refractivity contribution in [2.45, 2.75) is 74.5 Å². The molecule has 47 heavy (non-hydrogen) atoms. The lowest BCUT2D eigenvalue weighted by Gasteiger charge is -2.37. The third kappa shape index (κ3) is 7.87. The fourth-order valence-corrected chi connectivity index (χ4v) is 11.4. The molecule has 0 unspecified atom stereocenters. The summed E-state index contributed by atoms with van der Waals surface area (Å²) in [5.41, 5.74) is 3.23. The van der Waals surface area contributed by atoms with Crippen LogP contribution in [0, 0.1) is 0 Å². The largest absolute Gasteiger partial charge is 0.243 e. The molecule has 5 rings (SSSR count). The Bertz CT molecular complexity index is 1840. The van der Waals surface area contributed by atoms with Crippen LogP contribution >= 0.6 is 0 Å². The second-order valence-corrected chi connectivity index (χ2v) is 18.7. The molecule has 0 aliphatic carbocycles. The molecule has 2 atom stereocenters. The molecule has 4 aromatic rings. The van der Waals surface area contributed by atoms with Gasteiger partial charge in [0.1, 0.15) is 0 Å². The van der Waals surface area contributed by atoms with E-state index in [0.29, 0.717) is 11.1 Å². The van der Waals surface area contributed by atoms with Gasteiger partial charge in [-0.2, -0.15) is 8.61 Å². The molecule has 1 aliphatic heterocycles. The van der Waals surface area contributed by atoms with Crippen molar-refractivity contribution in [3.05, 3.63) is 131 Å². The quantitative estimate of drug-likeness (QED) is 0.175. The van der Waals surface area contributed by atoms with Crippen LogP contribution in [-0.4, -0.2) is 57.5 Å². The first-order valence-corrected chi connectivity index (χ1v) is 20.4. The summed E-state index contributed by atoms with van der Waals surface area (Å²) in [6, 6.07) is 28.7. The van der Waals surface area contributed by atoms with Gasteiger partial charge in [0, 0.05) is 13.1 Å². The van der Waals surface area contributed by atoms with E-state index in [4.69, 9.17) is 0 Å². The molecule has 0 amide bonds. The van der Waals surface area contributed by atoms with Crippen LogP contribution in [0.5, 0.6) is 0 Å². The number of hydrogen-bond acceptors (Lipinski definition) is 6. The summed E-state index contributed by atoms with van der Waals surface area (Å²) in [5, 5.41) is 0. The van der Waals surface area contributed by atoms with Gasteiger partial charge >= 0.3 is 0 Å². The predicted octanol–water partition coefficient (Wildman–Crippen LogP) is 6.18. The molecule has 0 radical (unpaired) electrons. The molecule has 250 valence electrons. The molecule has 11 heteroatoms. The maximum absolute atomic E-state index is 14.5. The van der Waals surface area contributed by atoms with Crippen LogP contribution in [-0.2, 0) is 43.0 Å². The third-order valence-corrected chi connectivity index (χ3v) is 14.2. The van der Waals surface area contributed by atoms with E-state index in [2.05, 4.69) is 0 Å². The van der Waals surface area contributed by atoms with E-state index >= 15 is 0 Å². The smallest absolute Gasteiger partial charge is 0.229 e. The molecule has 1 fully saturated rings. The maximum atomic E-state index is 14.5. The van der Waals surface area contributed by atoms with E-state index in [9.17, 15) is 25.3 Å². The van der Waals surface area contributed by atoms with Crippen molar-refractivity contribution < 1.29 is 25.3 Å². The number of benzene rings is 4. The number of sulfonamides is 2. The summed E-state index contributed by atoms with van der Waals surface area (Å²) in [5.74, 6) is -0.660. The molecule has 0 aromatic heterocycles. The molecule has 1 heterocycles. The first kappa shape index (κ1) is 35.0. The van der Waals surface area contributed by atoms with Gasteiger partial charge in [-0.05, 0) is 58.4 Å². The highest BCUT2D eigenvalue weighted by Crippen LogP contribution is 2.34. The maximum Gasteiger partial charge on any atom is 0.243 e. The van der Waals surface area contributed by atoms with Crippen molar-refractivity contribution in [1.29, 1.82) is 0 Å². The zero-order valence-electron chi connectivity index (χ0n) is 27.1. The van der Waals surface area contributed by atoms with Crippen LogP contribution in [0.15, 0.2) is 119 Å². The summed E-state index contributed by atoms with van der Waals surface area (Å²) in [6.07, 6.45) is 0. The fourth-order valence-electron chi connectivity index (χ4n) is 5.97. The van der Waals surface area contributed by atoms with Crippen LogP contribution < -0.4 is 0 Å². The number of nitrogens with zero attached hydrogens (tertiary/aromatic N) is 2. The van der Waals surface area contributed by atoms with Gasteiger partial charge in [-0.15, -0.1) is 0 Å². The lowest BCUT2D eigenvalue weighted by molar-refractivity contribution is 0.219. The van der Waals surface area contributed by atoms with Crippen LogP contribution in [0.2, 0.25) is 0 Å². The molecular weight excluding hydrogens is 653 g/mol. The second kappa shape index (κ2) is 14.0. The van der Waals surface area contributed by atoms with Gasteiger partial charge in [0.25, 0.3) is 0 Å². The van der Waals surface area contributed by atoms with E-state index in [0.717, 1.165) is 11.1 Å². The average Bonchev–Trinajstić information content (AvgIpc) is 3.37. The van der Waals surface area contributed by atoms with E-state index < -0.39 is 53.5 Å². The minimum Gasteiger partial charge on any atom is -0.229 e. The molecule has 0 saturated carbocycles. The Kier molecular flexibility index (Phi) is 10.4. The molecule has 1 aliphatic rings. The molecule has 0 bridgehead atoms. The Labute approximate surface area is 280 Å². The van der Waals surface area contributed by atoms with Crippen LogP contribution in [0.3, 0.4) is 0 Å². The van der Waals surface area contributed by atoms with E-state index in [1.54, 1.807) is 72.8 Å². The van der Waals surface area contributed by atoms with Gasteiger partial charge in [0.05, 0.1) is 33.4 Å². The number of sulfone groups is 1. The van der Waals surface area contributed by atoms with Gasteiger partial charge in [-0.3, -0.25) is 0 Å². The van der Waals surface area contributed by atoms with Crippen molar-refractivity contribution in [3.8, 4) is 0 Å². The van der Waals surface area contributed by atoms with E-state index in [1.807, 2.05) is 39.8 Å². The normalized spacial score (nSPS) is 18.4. The Hall–Kier alpha value is -3.35. The van der Waals surface area contributed by atoms with Crippen molar-refractivity contribution in [2.75, 3.05) is 11.5 Å². The molecule has 8 nitrogen and oxygen atoms in total. The van der Waals surface area contributed by atoms with Gasteiger partial charge in [-0.1, -0.05) is 113 Å². The van der Waals surface area contributed by atoms with E-state index in [-0.39, 0.29) is 34.7 Å². The Morgan fingerprint density at radius 3 is 1.17 bits per heavy atom. The summed E-state index contributed by atoms with van der Waals surface area (Å²) >= 11 is 0. The minimum absolute atomic E-state index is 0.0163. The highest BCUT2D eigenvalue weighted by molar-refractivity contribution is 7.92. The standard InChI is InChI=1S/C36H42N2O6S3/c1-27(2)31-15-19-33(20-16-31)46(41,42)37(23-29-11-7-5-8-12-29)35-25-45(39,40)26-36(35)38(24-30-13-9-6-10-14-30)47(43,44)34-21-17-32(18-22-34)28(3)4/h5-22,27-28,35-36H,23-26H2,1-4H3/t35-,36+. The molecular formula is C36H42N2O6S3. The first-order chi connectivity index (χ1) is 22.2. The molecule has 4 aromatic carbocycles. The Balaban J connectivity index is 1.66. The van der Waals surface area contributed by atoms with Gasteiger partial charge in [-0.25, -0.2) is 25.3 Å². The monoisotopic (exact) mass is 694 g/mol. The number of hydrogen-bond donors (Lipinski definition) is 0. The second-order valence-electron chi connectivity index (χ2n) is 12.7. The SMILES string of the molecule is CC(C)c1ccc(S(=O)(=O)N(Cc2ccccc2)[C@@H]2CS(=O)(=O)C[C@@H]2N(Cc2ccccc2)S(=O)(=O)c2ccc(C(C)C)cc2)cc1. The summed E-state index contributed by atoms with van der Waals surface area (Å²) < 4.78 is 87.5. The lowest BCUT2D eigenvalue weighted by Crippen LogP contribution is -2.54. The van der Waals surface area contributed by atoms with Crippen LogP contribution in [0.1, 0.15) is 61.8 Å². The van der Waals surface area contributed by atoms with Crippen LogP contribution in [0.25, 0.3) is 0 Å². The lowest BCUT2D eigenvalue weighted by atomic mass is 10.0. The molecule has 0 N–H and O–H groups in total. The van der Waals surface area contributed by atoms with Crippen molar-refractivity contribution >= 4 is 29.9 Å². The average molecular weight is 695 g/mol. The fraction of sp³-hybridized carbons (Fsp3) is 0.333. The van der Waals surface area contributed by atoms with Gasteiger partial charge in [0.15, 0.2) is 9.84 Å². The van der Waals surface area contributed by atoms with Crippen LogP contribution in [0.4, 0.5) is 0 Å². The van der Waals surface area contributed by atoms with Gasteiger partial charge in [0.2, 0.25) is 20.0 Å². The highest BCUT2D eigenvalue weighted by Gasteiger charge is 2.50. The zero-order valence-corrected chi connectivity index (χ0v) is 29.5. The molecule has 0 spiro atoms. The topological polar surface area (TPSA) is 109 Å². The highest BCUT2D eigenvalue weighted by atomic mass is 32.2. The summed E-state index contributed by atoms with van der Waals surface area (Å²) in [6.45, 7) is 7.78. The molecule has 1 saturated heterocycles. The Morgan fingerprint density at radius 2 is 0.872 bits per heavy atom. The van der Waals surface area contributed by atoms with E-state index in [1.165, 1.54) is 32.9 Å². The van der Waals surface area contributed by atoms with Crippen molar-refractivity contribution in [3.63, 3.8) is 0 Å².